The van der Waals surface area contributed by atoms with Gasteiger partial charge in [0.1, 0.15) is 11.6 Å². The SMILES string of the molecule is COCCNc1cc(N2CCOCC2)nc(-c2ccccc2)n1. The highest BCUT2D eigenvalue weighted by Crippen LogP contribution is 2.23. The maximum Gasteiger partial charge on any atom is 0.163 e. The van der Waals surface area contributed by atoms with Gasteiger partial charge in [-0.05, 0) is 0 Å². The first-order valence-corrected chi connectivity index (χ1v) is 7.87. The van der Waals surface area contributed by atoms with E-state index in [0.29, 0.717) is 13.2 Å². The molecule has 0 atom stereocenters. The minimum absolute atomic E-state index is 0.636. The zero-order valence-electron chi connectivity index (χ0n) is 13.4. The summed E-state index contributed by atoms with van der Waals surface area (Å²) in [4.78, 5) is 11.6. The van der Waals surface area contributed by atoms with Gasteiger partial charge in [0.25, 0.3) is 0 Å². The van der Waals surface area contributed by atoms with E-state index in [1.165, 1.54) is 0 Å². The number of methoxy groups -OCH3 is 1. The molecule has 1 aliphatic heterocycles. The molecule has 23 heavy (non-hydrogen) atoms. The molecular formula is C17H22N4O2. The standard InChI is InChI=1S/C17H22N4O2/c1-22-10-7-18-15-13-16(21-8-11-23-12-9-21)20-17(19-15)14-5-3-2-4-6-14/h2-6,13H,7-12H2,1H3,(H,18,19,20). The second-order valence-electron chi connectivity index (χ2n) is 5.32. The van der Waals surface area contributed by atoms with Crippen LogP contribution in [0.25, 0.3) is 11.4 Å². The molecule has 2 heterocycles. The quantitative estimate of drug-likeness (QED) is 0.824. The fraction of sp³-hybridized carbons (Fsp3) is 0.412. The molecule has 0 bridgehead atoms. The summed E-state index contributed by atoms with van der Waals surface area (Å²) < 4.78 is 10.5. The Morgan fingerprint density at radius 1 is 1.17 bits per heavy atom. The average Bonchev–Trinajstić information content (AvgIpc) is 2.63. The molecule has 0 amide bonds. The van der Waals surface area contributed by atoms with Crippen molar-refractivity contribution < 1.29 is 9.47 Å². The number of aromatic nitrogens is 2. The normalized spacial score (nSPS) is 14.7. The Morgan fingerprint density at radius 2 is 1.96 bits per heavy atom. The molecule has 1 aromatic heterocycles. The van der Waals surface area contributed by atoms with Gasteiger partial charge in [0, 0.05) is 38.4 Å². The van der Waals surface area contributed by atoms with Crippen molar-refractivity contribution in [3.05, 3.63) is 36.4 Å². The highest BCUT2D eigenvalue weighted by atomic mass is 16.5. The van der Waals surface area contributed by atoms with Crippen LogP contribution in [0.5, 0.6) is 0 Å². The Kier molecular flexibility index (Phi) is 5.39. The minimum Gasteiger partial charge on any atom is -0.383 e. The van der Waals surface area contributed by atoms with Crippen LogP contribution in [0.4, 0.5) is 11.6 Å². The summed E-state index contributed by atoms with van der Waals surface area (Å²) in [7, 11) is 1.69. The van der Waals surface area contributed by atoms with E-state index in [2.05, 4.69) is 15.2 Å². The largest absolute Gasteiger partial charge is 0.383 e. The fourth-order valence-electron chi connectivity index (χ4n) is 2.48. The summed E-state index contributed by atoms with van der Waals surface area (Å²) >= 11 is 0. The zero-order valence-corrected chi connectivity index (χ0v) is 13.4. The number of morpholine rings is 1. The molecule has 3 rings (SSSR count). The van der Waals surface area contributed by atoms with Crippen LogP contribution in [-0.4, -0.2) is 56.5 Å². The third-order valence-corrected chi connectivity index (χ3v) is 3.69. The third kappa shape index (κ3) is 4.18. The topological polar surface area (TPSA) is 59.5 Å². The summed E-state index contributed by atoms with van der Waals surface area (Å²) in [5.41, 5.74) is 1.01. The van der Waals surface area contributed by atoms with E-state index in [0.717, 1.165) is 49.3 Å². The first kappa shape index (κ1) is 15.7. The summed E-state index contributed by atoms with van der Waals surface area (Å²) in [6, 6.07) is 12.0. The van der Waals surface area contributed by atoms with Gasteiger partial charge in [-0.25, -0.2) is 9.97 Å². The molecule has 1 N–H and O–H groups in total. The molecule has 2 aromatic rings. The van der Waals surface area contributed by atoms with E-state index in [1.807, 2.05) is 36.4 Å². The molecule has 1 aliphatic rings. The second kappa shape index (κ2) is 7.89. The van der Waals surface area contributed by atoms with Crippen molar-refractivity contribution >= 4 is 11.6 Å². The molecule has 1 fully saturated rings. The van der Waals surface area contributed by atoms with Gasteiger partial charge in [0.15, 0.2) is 5.82 Å². The summed E-state index contributed by atoms with van der Waals surface area (Å²) in [5.74, 6) is 2.48. The van der Waals surface area contributed by atoms with Gasteiger partial charge >= 0.3 is 0 Å². The number of nitrogens with zero attached hydrogens (tertiary/aromatic N) is 3. The van der Waals surface area contributed by atoms with E-state index < -0.39 is 0 Å². The number of benzene rings is 1. The van der Waals surface area contributed by atoms with Gasteiger partial charge in [-0.15, -0.1) is 0 Å². The fourth-order valence-corrected chi connectivity index (χ4v) is 2.48. The highest BCUT2D eigenvalue weighted by Gasteiger charge is 2.15. The summed E-state index contributed by atoms with van der Waals surface area (Å²) in [5, 5.41) is 3.30. The molecular weight excluding hydrogens is 292 g/mol. The van der Waals surface area contributed by atoms with Crippen molar-refractivity contribution in [1.82, 2.24) is 9.97 Å². The van der Waals surface area contributed by atoms with Gasteiger partial charge in [0.05, 0.1) is 19.8 Å². The number of ether oxygens (including phenoxy) is 2. The molecule has 0 unspecified atom stereocenters. The van der Waals surface area contributed by atoms with E-state index in [1.54, 1.807) is 7.11 Å². The summed E-state index contributed by atoms with van der Waals surface area (Å²) in [6.07, 6.45) is 0. The van der Waals surface area contributed by atoms with Gasteiger partial charge in [-0.1, -0.05) is 30.3 Å². The van der Waals surface area contributed by atoms with E-state index in [-0.39, 0.29) is 0 Å². The monoisotopic (exact) mass is 314 g/mol. The average molecular weight is 314 g/mol. The van der Waals surface area contributed by atoms with Crippen molar-refractivity contribution in [3.63, 3.8) is 0 Å². The number of hydrogen-bond acceptors (Lipinski definition) is 6. The smallest absolute Gasteiger partial charge is 0.163 e. The minimum atomic E-state index is 0.636. The lowest BCUT2D eigenvalue weighted by Gasteiger charge is -2.28. The van der Waals surface area contributed by atoms with Crippen LogP contribution >= 0.6 is 0 Å². The van der Waals surface area contributed by atoms with Crippen LogP contribution in [0.15, 0.2) is 36.4 Å². The summed E-state index contributed by atoms with van der Waals surface area (Å²) in [6.45, 7) is 4.52. The van der Waals surface area contributed by atoms with Crippen molar-refractivity contribution in [2.45, 2.75) is 0 Å². The van der Waals surface area contributed by atoms with E-state index in [9.17, 15) is 0 Å². The molecule has 6 heteroatoms. The number of hydrogen-bond donors (Lipinski definition) is 1. The Morgan fingerprint density at radius 3 is 2.70 bits per heavy atom. The maximum atomic E-state index is 5.43. The van der Waals surface area contributed by atoms with Crippen molar-refractivity contribution in [3.8, 4) is 11.4 Å². The van der Waals surface area contributed by atoms with Crippen LogP contribution in [-0.2, 0) is 9.47 Å². The van der Waals surface area contributed by atoms with Crippen molar-refractivity contribution in [2.75, 3.05) is 56.8 Å². The third-order valence-electron chi connectivity index (χ3n) is 3.69. The zero-order chi connectivity index (χ0) is 15.9. The maximum absolute atomic E-state index is 5.43. The van der Waals surface area contributed by atoms with Crippen LogP contribution in [0.3, 0.4) is 0 Å². The molecule has 6 nitrogen and oxygen atoms in total. The highest BCUT2D eigenvalue weighted by molar-refractivity contribution is 5.61. The molecule has 1 aromatic carbocycles. The van der Waals surface area contributed by atoms with Crippen LogP contribution < -0.4 is 10.2 Å². The molecule has 0 saturated carbocycles. The van der Waals surface area contributed by atoms with Gasteiger partial charge in [-0.3, -0.25) is 0 Å². The Bertz CT molecular complexity index is 615. The van der Waals surface area contributed by atoms with Gasteiger partial charge in [-0.2, -0.15) is 0 Å². The molecule has 0 aliphatic carbocycles. The molecule has 0 radical (unpaired) electrons. The van der Waals surface area contributed by atoms with Gasteiger partial charge < -0.3 is 19.7 Å². The molecule has 0 spiro atoms. The van der Waals surface area contributed by atoms with Crippen molar-refractivity contribution in [1.29, 1.82) is 0 Å². The van der Waals surface area contributed by atoms with E-state index in [4.69, 9.17) is 14.5 Å². The predicted octanol–water partition coefficient (Wildman–Crippen LogP) is 2.04. The van der Waals surface area contributed by atoms with Crippen LogP contribution in [0.1, 0.15) is 0 Å². The van der Waals surface area contributed by atoms with Crippen molar-refractivity contribution in [2.24, 2.45) is 0 Å². The van der Waals surface area contributed by atoms with Crippen LogP contribution in [0, 0.1) is 0 Å². The first-order valence-electron chi connectivity index (χ1n) is 7.87. The van der Waals surface area contributed by atoms with Gasteiger partial charge in [0.2, 0.25) is 0 Å². The lowest BCUT2D eigenvalue weighted by Crippen LogP contribution is -2.37. The molecule has 1 saturated heterocycles. The Hall–Kier alpha value is -2.18. The lowest BCUT2D eigenvalue weighted by molar-refractivity contribution is 0.122. The van der Waals surface area contributed by atoms with E-state index >= 15 is 0 Å². The van der Waals surface area contributed by atoms with Crippen LogP contribution in [0.2, 0.25) is 0 Å². The predicted molar refractivity (Wildman–Crippen MR) is 90.9 cm³/mol. The number of nitrogens with one attached hydrogen (secondary N) is 1. The number of rotatable bonds is 6. The Balaban J connectivity index is 1.89. The first-order chi connectivity index (χ1) is 11.4. The second-order valence-corrected chi connectivity index (χ2v) is 5.32. The molecule has 122 valence electrons. The Labute approximate surface area is 136 Å². The lowest BCUT2D eigenvalue weighted by atomic mass is 10.2. The number of anilines is 2.